The van der Waals surface area contributed by atoms with E-state index in [0.29, 0.717) is 24.7 Å². The lowest BCUT2D eigenvalue weighted by atomic mass is 10.0. The van der Waals surface area contributed by atoms with Gasteiger partial charge < -0.3 is 13.9 Å². The Morgan fingerprint density at radius 1 is 1.25 bits per heavy atom. The van der Waals surface area contributed by atoms with Crippen LogP contribution in [0, 0.1) is 5.92 Å². The molecule has 0 bridgehead atoms. The van der Waals surface area contributed by atoms with Gasteiger partial charge in [0.05, 0.1) is 38.5 Å². The van der Waals surface area contributed by atoms with Crippen molar-refractivity contribution in [1.82, 2.24) is 9.88 Å². The molecular weight excluding hydrogens is 304 g/mol. The molecule has 24 heavy (non-hydrogen) atoms. The van der Waals surface area contributed by atoms with Crippen LogP contribution in [0.5, 0.6) is 0 Å². The van der Waals surface area contributed by atoms with Crippen LogP contribution in [0.4, 0.5) is 0 Å². The molecule has 1 aliphatic carbocycles. The van der Waals surface area contributed by atoms with Crippen molar-refractivity contribution in [3.63, 3.8) is 0 Å². The molecule has 1 aliphatic heterocycles. The zero-order valence-corrected chi connectivity index (χ0v) is 13.8. The zero-order chi connectivity index (χ0) is 16.2. The molecule has 0 spiro atoms. The minimum Gasteiger partial charge on any atom is -0.472 e. The van der Waals surface area contributed by atoms with Crippen molar-refractivity contribution in [2.75, 3.05) is 19.8 Å². The summed E-state index contributed by atoms with van der Waals surface area (Å²) in [6, 6.07) is 6.55. The Morgan fingerprint density at radius 3 is 3.08 bits per heavy atom. The lowest BCUT2D eigenvalue weighted by Crippen LogP contribution is -2.50. The van der Waals surface area contributed by atoms with Gasteiger partial charge in [-0.15, -0.1) is 0 Å². The third-order valence-electron chi connectivity index (χ3n) is 5.12. The van der Waals surface area contributed by atoms with E-state index in [1.54, 1.807) is 12.5 Å². The highest BCUT2D eigenvalue weighted by molar-refractivity contribution is 5.08. The molecule has 2 aliphatic rings. The fraction of sp³-hybridized carbons (Fsp3) is 0.526. The van der Waals surface area contributed by atoms with Gasteiger partial charge in [-0.2, -0.15) is 0 Å². The van der Waals surface area contributed by atoms with Gasteiger partial charge in [0.15, 0.2) is 0 Å². The average molecular weight is 328 g/mol. The number of pyridine rings is 1. The van der Waals surface area contributed by atoms with Crippen molar-refractivity contribution in [3.05, 3.63) is 54.2 Å². The Hall–Kier alpha value is -1.69. The summed E-state index contributed by atoms with van der Waals surface area (Å²) in [5, 5.41) is 0. The number of hydrogen-bond donors (Lipinski definition) is 0. The molecule has 3 atom stereocenters. The van der Waals surface area contributed by atoms with Crippen molar-refractivity contribution in [2.24, 2.45) is 5.92 Å². The molecule has 5 heteroatoms. The lowest BCUT2D eigenvalue weighted by Gasteiger charge is -2.39. The van der Waals surface area contributed by atoms with Gasteiger partial charge in [-0.3, -0.25) is 9.88 Å². The molecule has 128 valence electrons. The van der Waals surface area contributed by atoms with Gasteiger partial charge in [-0.1, -0.05) is 6.07 Å². The van der Waals surface area contributed by atoms with Gasteiger partial charge in [0.25, 0.3) is 0 Å². The first-order valence-corrected chi connectivity index (χ1v) is 8.73. The van der Waals surface area contributed by atoms with Gasteiger partial charge in [-0.25, -0.2) is 0 Å². The second-order valence-electron chi connectivity index (χ2n) is 6.72. The van der Waals surface area contributed by atoms with E-state index in [4.69, 9.17) is 13.9 Å². The molecule has 5 nitrogen and oxygen atoms in total. The van der Waals surface area contributed by atoms with Gasteiger partial charge in [-0.05, 0) is 30.5 Å². The number of furan rings is 1. The zero-order valence-electron chi connectivity index (χ0n) is 13.8. The minimum absolute atomic E-state index is 0.291. The highest BCUT2D eigenvalue weighted by atomic mass is 16.5. The van der Waals surface area contributed by atoms with Gasteiger partial charge in [0.1, 0.15) is 0 Å². The van der Waals surface area contributed by atoms with Crippen LogP contribution in [0.15, 0.2) is 47.5 Å². The molecule has 1 saturated heterocycles. The normalized spacial score (nSPS) is 27.2. The van der Waals surface area contributed by atoms with E-state index >= 15 is 0 Å². The predicted molar refractivity (Wildman–Crippen MR) is 89.3 cm³/mol. The van der Waals surface area contributed by atoms with E-state index in [1.165, 1.54) is 18.4 Å². The first kappa shape index (κ1) is 15.8. The van der Waals surface area contributed by atoms with Crippen molar-refractivity contribution < 1.29 is 13.9 Å². The Labute approximate surface area is 142 Å². The molecule has 3 heterocycles. The predicted octanol–water partition coefficient (Wildman–Crippen LogP) is 2.87. The molecule has 3 unspecified atom stereocenters. The van der Waals surface area contributed by atoms with Crippen molar-refractivity contribution in [3.8, 4) is 0 Å². The summed E-state index contributed by atoms with van der Waals surface area (Å²) in [5.41, 5.74) is 2.37. The van der Waals surface area contributed by atoms with Crippen LogP contribution >= 0.6 is 0 Å². The van der Waals surface area contributed by atoms with E-state index < -0.39 is 0 Å². The maximum Gasteiger partial charge on any atom is 0.0947 e. The van der Waals surface area contributed by atoms with Crippen LogP contribution in [-0.4, -0.2) is 41.8 Å². The van der Waals surface area contributed by atoms with Gasteiger partial charge in [0.2, 0.25) is 0 Å². The summed E-state index contributed by atoms with van der Waals surface area (Å²) in [5.74, 6) is 0.485. The number of fused-ring (bicyclic) bond motifs is 1. The molecule has 0 aromatic carbocycles. The maximum atomic E-state index is 6.11. The first-order chi connectivity index (χ1) is 11.9. The number of morpholine rings is 1. The Bertz CT molecular complexity index is 617. The summed E-state index contributed by atoms with van der Waals surface area (Å²) >= 11 is 0. The summed E-state index contributed by atoms with van der Waals surface area (Å²) in [6.45, 7) is 4.13. The van der Waals surface area contributed by atoms with E-state index in [2.05, 4.69) is 9.88 Å². The van der Waals surface area contributed by atoms with Crippen LogP contribution < -0.4 is 0 Å². The molecular formula is C19H24N2O3. The Kier molecular flexibility index (Phi) is 4.92. The fourth-order valence-corrected chi connectivity index (χ4v) is 3.94. The molecule has 2 aromatic heterocycles. The van der Waals surface area contributed by atoms with Crippen LogP contribution in [0.1, 0.15) is 24.0 Å². The summed E-state index contributed by atoms with van der Waals surface area (Å²) in [6.07, 6.45) is 9.88. The average Bonchev–Trinajstić information content (AvgIpc) is 3.27. The first-order valence-electron chi connectivity index (χ1n) is 8.73. The summed E-state index contributed by atoms with van der Waals surface area (Å²) < 4.78 is 17.3. The molecule has 2 aromatic rings. The molecule has 4 rings (SSSR count). The summed E-state index contributed by atoms with van der Waals surface area (Å²) in [7, 11) is 0. The maximum absolute atomic E-state index is 6.11. The summed E-state index contributed by atoms with van der Waals surface area (Å²) in [4.78, 5) is 6.67. The number of nitrogens with zero attached hydrogens (tertiary/aromatic N) is 2. The highest BCUT2D eigenvalue weighted by Crippen LogP contribution is 2.35. The third kappa shape index (κ3) is 3.53. The molecule has 1 saturated carbocycles. The molecule has 0 amide bonds. The van der Waals surface area contributed by atoms with Crippen LogP contribution in [-0.2, 0) is 22.6 Å². The largest absolute Gasteiger partial charge is 0.472 e. The second-order valence-corrected chi connectivity index (χ2v) is 6.72. The monoisotopic (exact) mass is 328 g/mol. The van der Waals surface area contributed by atoms with Crippen molar-refractivity contribution in [2.45, 2.75) is 38.1 Å². The van der Waals surface area contributed by atoms with E-state index in [1.807, 2.05) is 30.7 Å². The second kappa shape index (κ2) is 7.47. The third-order valence-corrected chi connectivity index (χ3v) is 5.12. The van der Waals surface area contributed by atoms with E-state index in [9.17, 15) is 0 Å². The molecule has 0 N–H and O–H groups in total. The number of hydrogen-bond acceptors (Lipinski definition) is 5. The van der Waals surface area contributed by atoms with E-state index in [0.717, 1.165) is 31.9 Å². The topological polar surface area (TPSA) is 47.7 Å². The number of rotatable bonds is 6. The molecule has 2 fully saturated rings. The van der Waals surface area contributed by atoms with Gasteiger partial charge in [0, 0.05) is 43.0 Å². The standard InChI is InChI=1S/C19H24N2O3/c1-2-15(10-20-6-1)12-23-14-17-3-4-18-19(17)24-9-7-21(18)11-16-5-8-22-13-16/h1-2,5-6,8,10,13,17-19H,3-4,7,9,11-12,14H2. The van der Waals surface area contributed by atoms with E-state index in [-0.39, 0.29) is 0 Å². The SMILES string of the molecule is c1cncc(COCC2CCC3C2OCCN3Cc2ccoc2)c1. The fourth-order valence-electron chi connectivity index (χ4n) is 3.94. The molecule has 0 radical (unpaired) electrons. The van der Waals surface area contributed by atoms with Crippen molar-refractivity contribution in [1.29, 1.82) is 0 Å². The van der Waals surface area contributed by atoms with Crippen LogP contribution in [0.2, 0.25) is 0 Å². The lowest BCUT2D eigenvalue weighted by molar-refractivity contribution is -0.0892. The van der Waals surface area contributed by atoms with Crippen LogP contribution in [0.25, 0.3) is 0 Å². The smallest absolute Gasteiger partial charge is 0.0947 e. The Balaban J connectivity index is 1.31. The van der Waals surface area contributed by atoms with Crippen molar-refractivity contribution >= 4 is 0 Å². The number of aromatic nitrogens is 1. The highest BCUT2D eigenvalue weighted by Gasteiger charge is 2.42. The quantitative estimate of drug-likeness (QED) is 0.816. The Morgan fingerprint density at radius 2 is 2.25 bits per heavy atom. The van der Waals surface area contributed by atoms with Gasteiger partial charge >= 0.3 is 0 Å². The van der Waals surface area contributed by atoms with Crippen LogP contribution in [0.3, 0.4) is 0 Å². The number of ether oxygens (including phenoxy) is 2. The minimum atomic E-state index is 0.291.